The molecule has 3 N–H and O–H groups in total. The number of hydrogen-bond acceptors (Lipinski definition) is 5. The quantitative estimate of drug-likeness (QED) is 0.0337. The summed E-state index contributed by atoms with van der Waals surface area (Å²) < 4.78 is 5.77. The highest BCUT2D eigenvalue weighted by molar-refractivity contribution is 5.78. The SMILES string of the molecule is CCCCCCCC/C=C\C/C=C/C(CC(=O)NC(CO)C(O)CCCCCCCCCCCCC)OC(=O)CCCCCCCCCCC. The first-order chi connectivity index (χ1) is 24.5. The number of rotatable bonds is 38. The Hall–Kier alpha value is -1.66. The molecule has 0 fully saturated rings. The summed E-state index contributed by atoms with van der Waals surface area (Å²) in [7, 11) is 0. The van der Waals surface area contributed by atoms with Crippen LogP contribution in [0.15, 0.2) is 24.3 Å². The Morgan fingerprint density at radius 2 is 1.06 bits per heavy atom. The Labute approximate surface area is 310 Å². The first-order valence-electron chi connectivity index (χ1n) is 21.6. The molecule has 0 aromatic heterocycles. The molecule has 0 saturated heterocycles. The van der Waals surface area contributed by atoms with E-state index in [0.717, 1.165) is 51.4 Å². The van der Waals surface area contributed by atoms with Crippen LogP contribution in [0.25, 0.3) is 0 Å². The van der Waals surface area contributed by atoms with Crippen LogP contribution in [-0.4, -0.2) is 46.9 Å². The molecule has 294 valence electrons. The van der Waals surface area contributed by atoms with Gasteiger partial charge < -0.3 is 20.3 Å². The van der Waals surface area contributed by atoms with Crippen LogP contribution in [0.1, 0.15) is 220 Å². The standard InChI is InChI=1S/C44H83NO5/c1-4-7-10-13-16-19-21-24-26-29-32-35-40(50-44(49)37-34-31-28-23-18-15-12-9-6-3)38-43(48)45-41(39-46)42(47)36-33-30-27-25-22-20-17-14-11-8-5-2/h24,26,32,35,40-42,46-47H,4-23,25,27-31,33-34,36-39H2,1-3H3,(H,45,48)/b26-24-,35-32+. The molecular formula is C44H83NO5. The molecule has 3 unspecified atom stereocenters. The van der Waals surface area contributed by atoms with Crippen molar-refractivity contribution in [2.24, 2.45) is 0 Å². The van der Waals surface area contributed by atoms with Gasteiger partial charge in [-0.05, 0) is 38.2 Å². The normalized spacial score (nSPS) is 13.6. The second-order valence-corrected chi connectivity index (χ2v) is 14.8. The molecule has 0 aliphatic carbocycles. The molecule has 6 heteroatoms. The molecule has 0 saturated carbocycles. The molecule has 3 atom stereocenters. The van der Waals surface area contributed by atoms with Crippen molar-refractivity contribution < 1.29 is 24.5 Å². The zero-order valence-electron chi connectivity index (χ0n) is 33.3. The predicted octanol–water partition coefficient (Wildman–Crippen LogP) is 12.0. The van der Waals surface area contributed by atoms with Crippen LogP contribution in [0, 0.1) is 0 Å². The van der Waals surface area contributed by atoms with Gasteiger partial charge in [-0.1, -0.05) is 193 Å². The lowest BCUT2D eigenvalue weighted by atomic mass is 10.0. The van der Waals surface area contributed by atoms with Crippen LogP contribution in [0.2, 0.25) is 0 Å². The van der Waals surface area contributed by atoms with Crippen LogP contribution in [-0.2, 0) is 14.3 Å². The van der Waals surface area contributed by atoms with Crippen molar-refractivity contribution >= 4 is 11.9 Å². The molecule has 0 heterocycles. The number of aliphatic hydroxyl groups excluding tert-OH is 2. The van der Waals surface area contributed by atoms with Gasteiger partial charge in [-0.3, -0.25) is 9.59 Å². The number of esters is 1. The van der Waals surface area contributed by atoms with Gasteiger partial charge in [0.25, 0.3) is 0 Å². The summed E-state index contributed by atoms with van der Waals surface area (Å²) in [5.41, 5.74) is 0. The van der Waals surface area contributed by atoms with E-state index in [0.29, 0.717) is 12.8 Å². The van der Waals surface area contributed by atoms with Crippen LogP contribution >= 0.6 is 0 Å². The van der Waals surface area contributed by atoms with E-state index in [-0.39, 0.29) is 24.9 Å². The van der Waals surface area contributed by atoms with E-state index < -0.39 is 18.2 Å². The van der Waals surface area contributed by atoms with Crippen LogP contribution < -0.4 is 5.32 Å². The lowest BCUT2D eigenvalue weighted by molar-refractivity contribution is -0.148. The molecule has 0 rings (SSSR count). The molecule has 50 heavy (non-hydrogen) atoms. The van der Waals surface area contributed by atoms with E-state index in [1.54, 1.807) is 0 Å². The third-order valence-electron chi connectivity index (χ3n) is 9.78. The highest BCUT2D eigenvalue weighted by Gasteiger charge is 2.23. The number of carbonyl (C=O) groups excluding carboxylic acids is 2. The molecular weight excluding hydrogens is 622 g/mol. The van der Waals surface area contributed by atoms with Crippen molar-refractivity contribution in [3.63, 3.8) is 0 Å². The molecule has 0 aliphatic rings. The predicted molar refractivity (Wildman–Crippen MR) is 213 cm³/mol. The summed E-state index contributed by atoms with van der Waals surface area (Å²) in [5, 5.41) is 23.5. The number of ether oxygens (including phenoxy) is 1. The zero-order chi connectivity index (χ0) is 36.8. The number of nitrogens with one attached hydrogen (secondary N) is 1. The summed E-state index contributed by atoms with van der Waals surface area (Å²) in [6, 6.07) is -0.724. The lowest BCUT2D eigenvalue weighted by Crippen LogP contribution is -2.46. The van der Waals surface area contributed by atoms with Crippen molar-refractivity contribution in [1.82, 2.24) is 5.32 Å². The van der Waals surface area contributed by atoms with E-state index in [9.17, 15) is 19.8 Å². The van der Waals surface area contributed by atoms with Gasteiger partial charge in [0.1, 0.15) is 6.10 Å². The van der Waals surface area contributed by atoms with Crippen molar-refractivity contribution in [2.75, 3.05) is 6.61 Å². The number of carbonyl (C=O) groups is 2. The molecule has 0 bridgehead atoms. The maximum absolute atomic E-state index is 13.0. The molecule has 0 aromatic rings. The van der Waals surface area contributed by atoms with Gasteiger partial charge in [0.05, 0.1) is 25.2 Å². The fourth-order valence-corrected chi connectivity index (χ4v) is 6.45. The Morgan fingerprint density at radius 3 is 1.56 bits per heavy atom. The van der Waals surface area contributed by atoms with E-state index in [4.69, 9.17) is 4.74 Å². The Morgan fingerprint density at radius 1 is 0.600 bits per heavy atom. The van der Waals surface area contributed by atoms with Gasteiger partial charge in [0.15, 0.2) is 0 Å². The summed E-state index contributed by atoms with van der Waals surface area (Å²) >= 11 is 0. The van der Waals surface area contributed by atoms with Crippen LogP contribution in [0.4, 0.5) is 0 Å². The smallest absolute Gasteiger partial charge is 0.306 e. The van der Waals surface area contributed by atoms with Gasteiger partial charge in [0.2, 0.25) is 5.91 Å². The summed E-state index contributed by atoms with van der Waals surface area (Å²) in [6.07, 6.45) is 41.3. The second-order valence-electron chi connectivity index (χ2n) is 14.8. The number of amides is 1. The fraction of sp³-hybridized carbons (Fsp3) is 0.864. The summed E-state index contributed by atoms with van der Waals surface area (Å²) in [4.78, 5) is 25.8. The number of aliphatic hydroxyl groups is 2. The minimum absolute atomic E-state index is 0.0247. The number of unbranched alkanes of at least 4 members (excludes halogenated alkanes) is 24. The van der Waals surface area contributed by atoms with Crippen molar-refractivity contribution in [3.05, 3.63) is 24.3 Å². The summed E-state index contributed by atoms with van der Waals surface area (Å²) in [6.45, 7) is 6.40. The Balaban J connectivity index is 4.68. The minimum Gasteiger partial charge on any atom is -0.458 e. The highest BCUT2D eigenvalue weighted by atomic mass is 16.5. The highest BCUT2D eigenvalue weighted by Crippen LogP contribution is 2.15. The fourth-order valence-electron chi connectivity index (χ4n) is 6.45. The average Bonchev–Trinajstić information content (AvgIpc) is 3.10. The molecule has 0 aromatic carbocycles. The van der Waals surface area contributed by atoms with E-state index in [1.807, 2.05) is 12.2 Å². The van der Waals surface area contributed by atoms with Gasteiger partial charge in [-0.15, -0.1) is 0 Å². The minimum atomic E-state index is -0.803. The third-order valence-corrected chi connectivity index (χ3v) is 9.78. The van der Waals surface area contributed by atoms with E-state index in [2.05, 4.69) is 38.2 Å². The van der Waals surface area contributed by atoms with Crippen molar-refractivity contribution in [3.8, 4) is 0 Å². The van der Waals surface area contributed by atoms with Gasteiger partial charge in [0, 0.05) is 6.42 Å². The molecule has 6 nitrogen and oxygen atoms in total. The maximum atomic E-state index is 13.0. The monoisotopic (exact) mass is 706 g/mol. The Kier molecular flexibility index (Phi) is 37.3. The first-order valence-corrected chi connectivity index (χ1v) is 21.6. The van der Waals surface area contributed by atoms with Crippen LogP contribution in [0.5, 0.6) is 0 Å². The number of allylic oxidation sites excluding steroid dienone is 3. The molecule has 0 spiro atoms. The van der Waals surface area contributed by atoms with Gasteiger partial charge in [-0.2, -0.15) is 0 Å². The van der Waals surface area contributed by atoms with Crippen molar-refractivity contribution in [2.45, 2.75) is 238 Å². The van der Waals surface area contributed by atoms with Gasteiger partial charge >= 0.3 is 5.97 Å². The largest absolute Gasteiger partial charge is 0.458 e. The summed E-state index contributed by atoms with van der Waals surface area (Å²) in [5.74, 6) is -0.601. The first kappa shape index (κ1) is 48.3. The third kappa shape index (κ3) is 33.5. The number of hydrogen-bond donors (Lipinski definition) is 3. The zero-order valence-corrected chi connectivity index (χ0v) is 33.3. The van der Waals surface area contributed by atoms with Crippen LogP contribution in [0.3, 0.4) is 0 Å². The van der Waals surface area contributed by atoms with E-state index in [1.165, 1.54) is 128 Å². The topological polar surface area (TPSA) is 95.9 Å². The maximum Gasteiger partial charge on any atom is 0.306 e. The van der Waals surface area contributed by atoms with Crippen molar-refractivity contribution in [1.29, 1.82) is 0 Å². The average molecular weight is 706 g/mol. The second kappa shape index (κ2) is 38.6. The molecule has 0 radical (unpaired) electrons. The lowest BCUT2D eigenvalue weighted by Gasteiger charge is -2.23. The Bertz CT molecular complexity index is 797. The molecule has 0 aliphatic heterocycles. The van der Waals surface area contributed by atoms with E-state index >= 15 is 0 Å². The van der Waals surface area contributed by atoms with Gasteiger partial charge in [-0.25, -0.2) is 0 Å². The molecule has 1 amide bonds.